The molecule has 80 valence electrons. The van der Waals surface area contributed by atoms with Gasteiger partial charge in [-0.1, -0.05) is 30.3 Å². The van der Waals surface area contributed by atoms with Gasteiger partial charge >= 0.3 is 0 Å². The Morgan fingerprint density at radius 1 is 1.31 bits per heavy atom. The van der Waals surface area contributed by atoms with Gasteiger partial charge in [-0.15, -0.1) is 0 Å². The number of aryl methyl sites for hydroxylation is 2. The fourth-order valence-corrected chi connectivity index (χ4v) is 2.22. The highest BCUT2D eigenvalue weighted by Gasteiger charge is 2.03. The molecule has 0 saturated carbocycles. The first-order chi connectivity index (χ1) is 7.79. The second kappa shape index (κ2) is 4.77. The van der Waals surface area contributed by atoms with E-state index in [1.807, 2.05) is 36.4 Å². The first-order valence-electron chi connectivity index (χ1n) is 4.95. The van der Waals surface area contributed by atoms with Gasteiger partial charge in [0.2, 0.25) is 0 Å². The Morgan fingerprint density at radius 2 is 2.06 bits per heavy atom. The van der Waals surface area contributed by atoms with Crippen LogP contribution in [-0.2, 0) is 13.0 Å². The molecule has 1 aromatic heterocycles. The van der Waals surface area contributed by atoms with E-state index in [0.29, 0.717) is 11.4 Å². The van der Waals surface area contributed by atoms with Gasteiger partial charge in [-0.2, -0.15) is 5.26 Å². The third-order valence-electron chi connectivity index (χ3n) is 2.27. The summed E-state index contributed by atoms with van der Waals surface area (Å²) in [6, 6.07) is 13.4. The first-order valence-corrected chi connectivity index (χ1v) is 5.72. The zero-order valence-electron chi connectivity index (χ0n) is 8.59. The second-order valence-electron chi connectivity index (χ2n) is 3.39. The van der Waals surface area contributed by atoms with Gasteiger partial charge in [-0.05, 0) is 23.5 Å². The Balaban J connectivity index is 2.08. The van der Waals surface area contributed by atoms with Crippen LogP contribution in [0.15, 0.2) is 41.2 Å². The van der Waals surface area contributed by atoms with Crippen molar-refractivity contribution < 1.29 is 0 Å². The first kappa shape index (κ1) is 10.7. The molecule has 2 aromatic rings. The largest absolute Gasteiger partial charge is 0.268 e. The van der Waals surface area contributed by atoms with E-state index in [1.54, 1.807) is 3.96 Å². The lowest BCUT2D eigenvalue weighted by atomic mass is 10.2. The molecule has 1 heterocycles. The lowest BCUT2D eigenvalue weighted by Crippen LogP contribution is -2.13. The van der Waals surface area contributed by atoms with Gasteiger partial charge in [0.1, 0.15) is 10.9 Å². The molecule has 0 radical (unpaired) electrons. The van der Waals surface area contributed by atoms with Crippen molar-refractivity contribution in [1.29, 1.82) is 5.26 Å². The zero-order valence-corrected chi connectivity index (χ0v) is 9.41. The lowest BCUT2D eigenvalue weighted by Gasteiger charge is -2.00. The van der Waals surface area contributed by atoms with Gasteiger partial charge in [-0.3, -0.25) is 8.75 Å². The minimum Gasteiger partial charge on any atom is -0.268 e. The minimum atomic E-state index is -0.0857. The van der Waals surface area contributed by atoms with Gasteiger partial charge in [0, 0.05) is 12.6 Å². The number of hydrogen-bond donors (Lipinski definition) is 0. The molecule has 2 rings (SSSR count). The summed E-state index contributed by atoms with van der Waals surface area (Å²) >= 11 is 1.22. The molecule has 16 heavy (non-hydrogen) atoms. The van der Waals surface area contributed by atoms with Crippen molar-refractivity contribution in [2.45, 2.75) is 13.0 Å². The molecule has 0 saturated heterocycles. The van der Waals surface area contributed by atoms with E-state index in [1.165, 1.54) is 23.2 Å². The Bertz CT molecular complexity index is 563. The number of hydrogen-bond acceptors (Lipinski definition) is 3. The molecule has 0 atom stereocenters. The standard InChI is InChI=1S/C12H10N2OS/c13-9-11-8-12(15)14(16-11)7-6-10-4-2-1-3-5-10/h1-5,8H,6-7H2. The Morgan fingerprint density at radius 3 is 2.69 bits per heavy atom. The maximum Gasteiger partial charge on any atom is 0.261 e. The highest BCUT2D eigenvalue weighted by Crippen LogP contribution is 2.06. The average molecular weight is 230 g/mol. The predicted molar refractivity (Wildman–Crippen MR) is 63.4 cm³/mol. The minimum absolute atomic E-state index is 0.0857. The van der Waals surface area contributed by atoms with E-state index in [2.05, 4.69) is 0 Å². The van der Waals surface area contributed by atoms with Gasteiger partial charge < -0.3 is 0 Å². The van der Waals surface area contributed by atoms with Crippen LogP contribution in [0.2, 0.25) is 0 Å². The highest BCUT2D eigenvalue weighted by atomic mass is 32.1. The van der Waals surface area contributed by atoms with E-state index in [0.717, 1.165) is 6.42 Å². The summed E-state index contributed by atoms with van der Waals surface area (Å²) in [6.07, 6.45) is 0.812. The van der Waals surface area contributed by atoms with Crippen LogP contribution < -0.4 is 5.56 Å². The fraction of sp³-hybridized carbons (Fsp3) is 0.167. The molecule has 0 amide bonds. The van der Waals surface area contributed by atoms with Crippen LogP contribution >= 0.6 is 11.5 Å². The molecule has 1 aromatic carbocycles. The number of rotatable bonds is 3. The predicted octanol–water partition coefficient (Wildman–Crippen LogP) is 2.02. The van der Waals surface area contributed by atoms with Gasteiger partial charge in [0.05, 0.1) is 0 Å². The van der Waals surface area contributed by atoms with Gasteiger partial charge in [-0.25, -0.2) is 0 Å². The molecule has 3 nitrogen and oxygen atoms in total. The molecule has 4 heteroatoms. The summed E-state index contributed by atoms with van der Waals surface area (Å²) in [5.74, 6) is 0. The van der Waals surface area contributed by atoms with Crippen molar-refractivity contribution in [2.75, 3.05) is 0 Å². The van der Waals surface area contributed by atoms with E-state index in [9.17, 15) is 4.79 Å². The number of aromatic nitrogens is 1. The maximum atomic E-state index is 11.4. The second-order valence-corrected chi connectivity index (χ2v) is 4.45. The van der Waals surface area contributed by atoms with Crippen LogP contribution in [0, 0.1) is 11.3 Å². The van der Waals surface area contributed by atoms with Crippen LogP contribution in [0.1, 0.15) is 10.4 Å². The van der Waals surface area contributed by atoms with E-state index in [-0.39, 0.29) is 5.56 Å². The molecular weight excluding hydrogens is 220 g/mol. The lowest BCUT2D eigenvalue weighted by molar-refractivity contribution is 0.733. The molecular formula is C12H10N2OS. The summed E-state index contributed by atoms with van der Waals surface area (Å²) in [5, 5.41) is 8.67. The summed E-state index contributed by atoms with van der Waals surface area (Å²) in [6.45, 7) is 0.634. The van der Waals surface area contributed by atoms with Crippen molar-refractivity contribution in [1.82, 2.24) is 3.96 Å². The zero-order chi connectivity index (χ0) is 11.4. The summed E-state index contributed by atoms with van der Waals surface area (Å²) in [4.78, 5) is 11.9. The van der Waals surface area contributed by atoms with Crippen molar-refractivity contribution in [3.63, 3.8) is 0 Å². The van der Waals surface area contributed by atoms with Gasteiger partial charge in [0.25, 0.3) is 5.56 Å². The van der Waals surface area contributed by atoms with Crippen LogP contribution in [0.5, 0.6) is 0 Å². The Kier molecular flexibility index (Phi) is 3.18. The van der Waals surface area contributed by atoms with E-state index in [4.69, 9.17) is 5.26 Å². The molecule has 0 aliphatic rings. The Hall–Kier alpha value is -1.86. The summed E-state index contributed by atoms with van der Waals surface area (Å²) in [5.41, 5.74) is 1.11. The molecule has 0 fully saturated rings. The van der Waals surface area contributed by atoms with Crippen LogP contribution in [0.4, 0.5) is 0 Å². The fourth-order valence-electron chi connectivity index (χ4n) is 1.46. The Labute approximate surface area is 97.3 Å². The quantitative estimate of drug-likeness (QED) is 0.809. The third kappa shape index (κ3) is 2.38. The maximum absolute atomic E-state index is 11.4. The van der Waals surface area contributed by atoms with Crippen molar-refractivity contribution >= 4 is 11.5 Å². The molecule has 0 unspecified atom stereocenters. The number of nitriles is 1. The van der Waals surface area contributed by atoms with Crippen molar-refractivity contribution in [3.8, 4) is 6.07 Å². The van der Waals surface area contributed by atoms with E-state index >= 15 is 0 Å². The number of benzene rings is 1. The normalized spacial score (nSPS) is 9.94. The van der Waals surface area contributed by atoms with Crippen LogP contribution in [-0.4, -0.2) is 3.96 Å². The smallest absolute Gasteiger partial charge is 0.261 e. The van der Waals surface area contributed by atoms with Gasteiger partial charge in [0.15, 0.2) is 0 Å². The monoisotopic (exact) mass is 230 g/mol. The van der Waals surface area contributed by atoms with E-state index < -0.39 is 0 Å². The molecule has 0 N–H and O–H groups in total. The topological polar surface area (TPSA) is 45.8 Å². The summed E-state index contributed by atoms with van der Waals surface area (Å²) in [7, 11) is 0. The average Bonchev–Trinajstić information content (AvgIpc) is 2.69. The van der Waals surface area contributed by atoms with Crippen molar-refractivity contribution in [2.24, 2.45) is 0 Å². The molecule has 0 aliphatic carbocycles. The SMILES string of the molecule is N#Cc1cc(=O)n(CCc2ccccc2)s1. The summed E-state index contributed by atoms with van der Waals surface area (Å²) < 4.78 is 1.62. The molecule has 0 aliphatic heterocycles. The third-order valence-corrected chi connectivity index (χ3v) is 3.25. The number of nitrogens with zero attached hydrogens (tertiary/aromatic N) is 2. The van der Waals surface area contributed by atoms with Crippen molar-refractivity contribution in [3.05, 3.63) is 57.2 Å². The molecule has 0 spiro atoms. The van der Waals surface area contributed by atoms with Crippen LogP contribution in [0.3, 0.4) is 0 Å². The molecule has 0 bridgehead atoms. The van der Waals surface area contributed by atoms with Crippen LogP contribution in [0.25, 0.3) is 0 Å². The highest BCUT2D eigenvalue weighted by molar-refractivity contribution is 7.06.